The quantitative estimate of drug-likeness (QED) is 0.912. The molecule has 0 atom stereocenters. The molecule has 0 bridgehead atoms. The van der Waals surface area contributed by atoms with Crippen molar-refractivity contribution in [2.45, 2.75) is 6.18 Å². The predicted octanol–water partition coefficient (Wildman–Crippen LogP) is 2.80. The van der Waals surface area contributed by atoms with Crippen LogP contribution in [0.3, 0.4) is 0 Å². The van der Waals surface area contributed by atoms with Crippen LogP contribution in [0, 0.1) is 0 Å². The van der Waals surface area contributed by atoms with Crippen molar-refractivity contribution in [3.05, 3.63) is 41.6 Å². The molecule has 4 nitrogen and oxygen atoms in total. The average molecular weight is 270 g/mol. The fourth-order valence-electron chi connectivity index (χ4n) is 1.70. The van der Waals surface area contributed by atoms with Crippen LogP contribution in [0.4, 0.5) is 13.2 Å². The number of rotatable bonds is 2. The maximum Gasteiger partial charge on any atom is 0.416 e. The number of carbonyl (C=O) groups is 1. The van der Waals surface area contributed by atoms with Crippen LogP contribution >= 0.6 is 0 Å². The van der Waals surface area contributed by atoms with E-state index in [1.165, 1.54) is 29.9 Å². The van der Waals surface area contributed by atoms with Gasteiger partial charge in [0.25, 0.3) is 0 Å². The summed E-state index contributed by atoms with van der Waals surface area (Å²) in [6.45, 7) is 0. The van der Waals surface area contributed by atoms with Gasteiger partial charge in [-0.25, -0.2) is 4.79 Å². The number of nitrogens with zero attached hydrogens (tertiary/aromatic N) is 2. The third kappa shape index (κ3) is 2.59. The standard InChI is InChI=1S/C12H9F3N2O2/c1-17-10(6-9(16-17)11(18)19)7-3-2-4-8(5-7)12(13,14)15/h2-6H,1H3,(H,18,19). The van der Waals surface area contributed by atoms with E-state index in [-0.39, 0.29) is 11.3 Å². The van der Waals surface area contributed by atoms with Gasteiger partial charge in [-0.05, 0) is 18.2 Å². The molecular weight excluding hydrogens is 261 g/mol. The van der Waals surface area contributed by atoms with Crippen molar-refractivity contribution in [3.8, 4) is 11.3 Å². The van der Waals surface area contributed by atoms with Crippen molar-refractivity contribution in [3.63, 3.8) is 0 Å². The highest BCUT2D eigenvalue weighted by molar-refractivity contribution is 5.87. The van der Waals surface area contributed by atoms with Crippen molar-refractivity contribution in [2.24, 2.45) is 7.05 Å². The highest BCUT2D eigenvalue weighted by Crippen LogP contribution is 2.32. The van der Waals surface area contributed by atoms with Gasteiger partial charge in [-0.15, -0.1) is 0 Å². The Morgan fingerprint density at radius 1 is 1.32 bits per heavy atom. The Morgan fingerprint density at radius 2 is 2.00 bits per heavy atom. The van der Waals surface area contributed by atoms with Gasteiger partial charge in [0.2, 0.25) is 0 Å². The minimum Gasteiger partial charge on any atom is -0.476 e. The van der Waals surface area contributed by atoms with Crippen LogP contribution in [-0.2, 0) is 13.2 Å². The Morgan fingerprint density at radius 3 is 2.53 bits per heavy atom. The molecule has 2 aromatic rings. The lowest BCUT2D eigenvalue weighted by Gasteiger charge is -2.08. The molecular formula is C12H9F3N2O2. The zero-order valence-electron chi connectivity index (χ0n) is 9.77. The van der Waals surface area contributed by atoms with E-state index in [1.807, 2.05) is 0 Å². The van der Waals surface area contributed by atoms with Gasteiger partial charge in [0.05, 0.1) is 11.3 Å². The molecule has 1 N–H and O–H groups in total. The lowest BCUT2D eigenvalue weighted by molar-refractivity contribution is -0.137. The summed E-state index contributed by atoms with van der Waals surface area (Å²) in [6.07, 6.45) is -4.44. The molecule has 1 aromatic carbocycles. The minimum atomic E-state index is -4.44. The molecule has 0 aliphatic rings. The molecule has 1 heterocycles. The van der Waals surface area contributed by atoms with E-state index >= 15 is 0 Å². The predicted molar refractivity (Wildman–Crippen MR) is 60.6 cm³/mol. The number of hydrogen-bond acceptors (Lipinski definition) is 2. The third-order valence-corrected chi connectivity index (χ3v) is 2.58. The average Bonchev–Trinajstić information content (AvgIpc) is 2.71. The van der Waals surface area contributed by atoms with Gasteiger partial charge in [0.15, 0.2) is 5.69 Å². The summed E-state index contributed by atoms with van der Waals surface area (Å²) in [7, 11) is 1.47. The molecule has 0 fully saturated rings. The first-order valence-electron chi connectivity index (χ1n) is 5.24. The SMILES string of the molecule is Cn1nc(C(=O)O)cc1-c1cccc(C(F)(F)F)c1. The smallest absolute Gasteiger partial charge is 0.416 e. The number of alkyl halides is 3. The Labute approximate surface area is 106 Å². The summed E-state index contributed by atoms with van der Waals surface area (Å²) in [5.41, 5.74) is -0.432. The first-order valence-corrected chi connectivity index (χ1v) is 5.24. The normalized spacial score (nSPS) is 11.6. The summed E-state index contributed by atoms with van der Waals surface area (Å²) in [5, 5.41) is 12.5. The Hall–Kier alpha value is -2.31. The molecule has 0 aliphatic heterocycles. The number of aromatic carboxylic acids is 1. The zero-order valence-corrected chi connectivity index (χ0v) is 9.77. The fraction of sp³-hybridized carbons (Fsp3) is 0.167. The van der Waals surface area contributed by atoms with Crippen LogP contribution < -0.4 is 0 Å². The van der Waals surface area contributed by atoms with Gasteiger partial charge < -0.3 is 5.11 Å². The molecule has 19 heavy (non-hydrogen) atoms. The molecule has 7 heteroatoms. The molecule has 0 saturated carbocycles. The summed E-state index contributed by atoms with van der Waals surface area (Å²) in [4.78, 5) is 10.8. The first-order chi connectivity index (χ1) is 8.79. The van der Waals surface area contributed by atoms with Crippen LogP contribution in [0.25, 0.3) is 11.3 Å². The molecule has 0 saturated heterocycles. The van der Waals surface area contributed by atoms with E-state index in [2.05, 4.69) is 5.10 Å². The largest absolute Gasteiger partial charge is 0.476 e. The van der Waals surface area contributed by atoms with Crippen LogP contribution in [0.2, 0.25) is 0 Å². The van der Waals surface area contributed by atoms with Crippen LogP contribution in [0.1, 0.15) is 16.1 Å². The van der Waals surface area contributed by atoms with Crippen molar-refractivity contribution >= 4 is 5.97 Å². The highest BCUT2D eigenvalue weighted by atomic mass is 19.4. The van der Waals surface area contributed by atoms with Crippen LogP contribution in [-0.4, -0.2) is 20.9 Å². The minimum absolute atomic E-state index is 0.213. The number of halogens is 3. The lowest BCUT2D eigenvalue weighted by atomic mass is 10.1. The molecule has 1 aromatic heterocycles. The second-order valence-corrected chi connectivity index (χ2v) is 3.92. The number of aromatic nitrogens is 2. The lowest BCUT2D eigenvalue weighted by Crippen LogP contribution is -2.05. The maximum atomic E-state index is 12.6. The summed E-state index contributed by atoms with van der Waals surface area (Å²) in [5.74, 6) is -1.23. The van der Waals surface area contributed by atoms with Gasteiger partial charge in [-0.2, -0.15) is 18.3 Å². The van der Waals surface area contributed by atoms with Gasteiger partial charge in [-0.3, -0.25) is 4.68 Å². The second-order valence-electron chi connectivity index (χ2n) is 3.92. The van der Waals surface area contributed by atoms with E-state index in [0.717, 1.165) is 12.1 Å². The van der Waals surface area contributed by atoms with Crippen LogP contribution in [0.15, 0.2) is 30.3 Å². The fourth-order valence-corrected chi connectivity index (χ4v) is 1.70. The molecule has 100 valence electrons. The Balaban J connectivity index is 2.50. The van der Waals surface area contributed by atoms with Crippen LogP contribution in [0.5, 0.6) is 0 Å². The summed E-state index contributed by atoms with van der Waals surface area (Å²) in [6, 6.07) is 5.89. The van der Waals surface area contributed by atoms with E-state index < -0.39 is 17.7 Å². The molecule has 0 amide bonds. The highest BCUT2D eigenvalue weighted by Gasteiger charge is 2.30. The number of carboxylic acids is 1. The third-order valence-electron chi connectivity index (χ3n) is 2.58. The van der Waals surface area contributed by atoms with E-state index in [0.29, 0.717) is 5.69 Å². The number of benzene rings is 1. The van der Waals surface area contributed by atoms with Gasteiger partial charge >= 0.3 is 12.1 Å². The maximum absolute atomic E-state index is 12.6. The van der Waals surface area contributed by atoms with E-state index in [9.17, 15) is 18.0 Å². The van der Waals surface area contributed by atoms with Crippen molar-refractivity contribution in [1.29, 1.82) is 0 Å². The van der Waals surface area contributed by atoms with Gasteiger partial charge in [-0.1, -0.05) is 12.1 Å². The van der Waals surface area contributed by atoms with Gasteiger partial charge in [0, 0.05) is 12.6 Å². The number of hydrogen-bond donors (Lipinski definition) is 1. The molecule has 0 spiro atoms. The topological polar surface area (TPSA) is 55.1 Å². The molecule has 2 rings (SSSR count). The summed E-state index contributed by atoms with van der Waals surface area (Å²) >= 11 is 0. The molecule has 0 unspecified atom stereocenters. The van der Waals surface area contributed by atoms with E-state index in [4.69, 9.17) is 5.11 Å². The second kappa shape index (κ2) is 4.42. The Bertz CT molecular complexity index is 632. The van der Waals surface area contributed by atoms with Crippen molar-refractivity contribution < 1.29 is 23.1 Å². The Kier molecular flexibility index (Phi) is 3.05. The monoisotopic (exact) mass is 270 g/mol. The van der Waals surface area contributed by atoms with Crippen molar-refractivity contribution in [2.75, 3.05) is 0 Å². The number of carboxylic acid groups (broad SMARTS) is 1. The van der Waals surface area contributed by atoms with Gasteiger partial charge in [0.1, 0.15) is 0 Å². The summed E-state index contributed by atoms with van der Waals surface area (Å²) < 4.78 is 39.0. The number of aryl methyl sites for hydroxylation is 1. The molecule has 0 radical (unpaired) electrons. The first kappa shape index (κ1) is 13.1. The van der Waals surface area contributed by atoms with E-state index in [1.54, 1.807) is 0 Å². The van der Waals surface area contributed by atoms with Crippen molar-refractivity contribution in [1.82, 2.24) is 9.78 Å². The zero-order chi connectivity index (χ0) is 14.2. The molecule has 0 aliphatic carbocycles.